The van der Waals surface area contributed by atoms with E-state index in [0.717, 1.165) is 12.1 Å². The Morgan fingerprint density at radius 1 is 1.41 bits per heavy atom. The third-order valence-corrected chi connectivity index (χ3v) is 2.85. The predicted molar refractivity (Wildman–Crippen MR) is 71.6 cm³/mol. The predicted octanol–water partition coefficient (Wildman–Crippen LogP) is 2.23. The maximum Gasteiger partial charge on any atom is 0.252 e. The van der Waals surface area contributed by atoms with Crippen molar-refractivity contribution in [2.24, 2.45) is 5.92 Å². The van der Waals surface area contributed by atoms with Gasteiger partial charge < -0.3 is 10.6 Å². The molecule has 0 radical (unpaired) electrons. The van der Waals surface area contributed by atoms with E-state index in [-0.39, 0.29) is 5.91 Å². The van der Waals surface area contributed by atoms with E-state index in [2.05, 4.69) is 17.6 Å². The summed E-state index contributed by atoms with van der Waals surface area (Å²) in [5.41, 5.74) is 1.59. The second-order valence-corrected chi connectivity index (χ2v) is 4.76. The van der Waals surface area contributed by atoms with Gasteiger partial charge in [0, 0.05) is 6.54 Å². The summed E-state index contributed by atoms with van der Waals surface area (Å²) < 4.78 is 0. The lowest BCUT2D eigenvalue weighted by atomic mass is 10.1. The molecule has 0 aromatic heterocycles. The minimum atomic E-state index is -0.113. The second kappa shape index (κ2) is 6.62. The number of hydrogen-bond acceptors (Lipinski definition) is 2. The molecule has 4 heteroatoms. The van der Waals surface area contributed by atoms with Crippen LogP contribution in [0.3, 0.4) is 0 Å². The quantitative estimate of drug-likeness (QED) is 0.846. The van der Waals surface area contributed by atoms with E-state index < -0.39 is 0 Å². The lowest BCUT2D eigenvalue weighted by Gasteiger charge is -2.12. The van der Waals surface area contributed by atoms with Crippen LogP contribution in [-0.4, -0.2) is 26.0 Å². The van der Waals surface area contributed by atoms with Crippen molar-refractivity contribution < 1.29 is 4.79 Å². The van der Waals surface area contributed by atoms with E-state index in [1.807, 2.05) is 20.0 Å². The molecular formula is C13H19ClN2O. The maximum atomic E-state index is 11.9. The Labute approximate surface area is 108 Å². The first-order valence-electron chi connectivity index (χ1n) is 5.73. The number of amides is 1. The van der Waals surface area contributed by atoms with Gasteiger partial charge in [-0.05, 0) is 44.1 Å². The molecule has 0 heterocycles. The van der Waals surface area contributed by atoms with Crippen molar-refractivity contribution >= 4 is 17.5 Å². The molecule has 0 saturated carbocycles. The van der Waals surface area contributed by atoms with Gasteiger partial charge in [0.05, 0.1) is 10.6 Å². The highest BCUT2D eigenvalue weighted by molar-refractivity contribution is 6.33. The Morgan fingerprint density at radius 3 is 2.71 bits per heavy atom. The maximum absolute atomic E-state index is 11.9. The van der Waals surface area contributed by atoms with Crippen LogP contribution in [0.1, 0.15) is 22.8 Å². The first-order chi connectivity index (χ1) is 8.04. The highest BCUT2D eigenvalue weighted by atomic mass is 35.5. The van der Waals surface area contributed by atoms with Gasteiger partial charge in [0.2, 0.25) is 0 Å². The number of benzene rings is 1. The number of carbonyl (C=O) groups is 1. The van der Waals surface area contributed by atoms with Crippen LogP contribution in [0.5, 0.6) is 0 Å². The molecular weight excluding hydrogens is 236 g/mol. The third kappa shape index (κ3) is 4.36. The van der Waals surface area contributed by atoms with Crippen molar-refractivity contribution in [3.05, 3.63) is 34.3 Å². The van der Waals surface area contributed by atoms with E-state index in [0.29, 0.717) is 23.0 Å². The van der Waals surface area contributed by atoms with Gasteiger partial charge in [-0.15, -0.1) is 0 Å². The highest BCUT2D eigenvalue weighted by Crippen LogP contribution is 2.17. The molecule has 0 bridgehead atoms. The second-order valence-electron chi connectivity index (χ2n) is 4.36. The molecule has 0 aliphatic heterocycles. The Hall–Kier alpha value is -1.06. The topological polar surface area (TPSA) is 41.1 Å². The number of carbonyl (C=O) groups excluding carboxylic acids is 1. The van der Waals surface area contributed by atoms with Gasteiger partial charge in [0.25, 0.3) is 5.91 Å². The number of aryl methyl sites for hydroxylation is 1. The standard InChI is InChI=1S/C13H19ClN2O/c1-9-4-5-11(12(14)6-9)13(17)16-8-10(2)7-15-3/h4-6,10,15H,7-8H2,1-3H3,(H,16,17). The molecule has 0 aliphatic carbocycles. The lowest BCUT2D eigenvalue weighted by Crippen LogP contribution is -2.32. The molecule has 17 heavy (non-hydrogen) atoms. The van der Waals surface area contributed by atoms with Crippen LogP contribution in [0, 0.1) is 12.8 Å². The molecule has 3 nitrogen and oxygen atoms in total. The first-order valence-corrected chi connectivity index (χ1v) is 6.11. The van der Waals surface area contributed by atoms with Gasteiger partial charge in [0.15, 0.2) is 0 Å². The number of nitrogens with one attached hydrogen (secondary N) is 2. The molecule has 1 aromatic carbocycles. The van der Waals surface area contributed by atoms with Crippen molar-refractivity contribution in [3.63, 3.8) is 0 Å². The summed E-state index contributed by atoms with van der Waals surface area (Å²) in [7, 11) is 1.90. The number of halogens is 1. The van der Waals surface area contributed by atoms with Crippen LogP contribution in [-0.2, 0) is 0 Å². The molecule has 0 fully saturated rings. The zero-order valence-electron chi connectivity index (χ0n) is 10.5. The highest BCUT2D eigenvalue weighted by Gasteiger charge is 2.10. The van der Waals surface area contributed by atoms with Crippen LogP contribution in [0.25, 0.3) is 0 Å². The molecule has 0 saturated heterocycles. The fourth-order valence-corrected chi connectivity index (χ4v) is 1.91. The van der Waals surface area contributed by atoms with E-state index in [9.17, 15) is 4.79 Å². The average Bonchev–Trinajstić information content (AvgIpc) is 2.26. The van der Waals surface area contributed by atoms with Gasteiger partial charge in [-0.2, -0.15) is 0 Å². The molecule has 1 amide bonds. The fourth-order valence-electron chi connectivity index (χ4n) is 1.59. The molecule has 1 aromatic rings. The van der Waals surface area contributed by atoms with Crippen LogP contribution < -0.4 is 10.6 Å². The monoisotopic (exact) mass is 254 g/mol. The summed E-state index contributed by atoms with van der Waals surface area (Å²) in [6, 6.07) is 5.45. The molecule has 2 N–H and O–H groups in total. The van der Waals surface area contributed by atoms with E-state index >= 15 is 0 Å². The van der Waals surface area contributed by atoms with Gasteiger partial charge in [0.1, 0.15) is 0 Å². The normalized spacial score (nSPS) is 12.2. The van der Waals surface area contributed by atoms with Gasteiger partial charge >= 0.3 is 0 Å². The summed E-state index contributed by atoms with van der Waals surface area (Å²) in [4.78, 5) is 11.9. The van der Waals surface area contributed by atoms with Crippen LogP contribution in [0.15, 0.2) is 18.2 Å². The molecule has 1 unspecified atom stereocenters. The summed E-state index contributed by atoms with van der Waals surface area (Å²) in [5, 5.41) is 6.46. The first kappa shape index (κ1) is 14.0. The summed E-state index contributed by atoms with van der Waals surface area (Å²) >= 11 is 6.03. The van der Waals surface area contributed by atoms with Crippen LogP contribution >= 0.6 is 11.6 Å². The molecule has 94 valence electrons. The Balaban J connectivity index is 2.58. The third-order valence-electron chi connectivity index (χ3n) is 2.53. The zero-order valence-corrected chi connectivity index (χ0v) is 11.3. The number of hydrogen-bond donors (Lipinski definition) is 2. The van der Waals surface area contributed by atoms with Crippen LogP contribution in [0.2, 0.25) is 5.02 Å². The van der Waals surface area contributed by atoms with Gasteiger partial charge in [-0.25, -0.2) is 0 Å². The van der Waals surface area contributed by atoms with Crippen LogP contribution in [0.4, 0.5) is 0 Å². The average molecular weight is 255 g/mol. The summed E-state index contributed by atoms with van der Waals surface area (Å²) in [5.74, 6) is 0.283. The lowest BCUT2D eigenvalue weighted by molar-refractivity contribution is 0.0948. The minimum Gasteiger partial charge on any atom is -0.352 e. The smallest absolute Gasteiger partial charge is 0.252 e. The largest absolute Gasteiger partial charge is 0.352 e. The van der Waals surface area contributed by atoms with Crippen molar-refractivity contribution in [3.8, 4) is 0 Å². The molecule has 1 atom stereocenters. The van der Waals surface area contributed by atoms with E-state index in [4.69, 9.17) is 11.6 Å². The van der Waals surface area contributed by atoms with Crippen molar-refractivity contribution in [2.75, 3.05) is 20.1 Å². The van der Waals surface area contributed by atoms with Gasteiger partial charge in [-0.1, -0.05) is 24.6 Å². The molecule has 1 rings (SSSR count). The van der Waals surface area contributed by atoms with Crippen molar-refractivity contribution in [1.82, 2.24) is 10.6 Å². The molecule has 0 spiro atoms. The Morgan fingerprint density at radius 2 is 2.12 bits per heavy atom. The van der Waals surface area contributed by atoms with Crippen molar-refractivity contribution in [1.29, 1.82) is 0 Å². The van der Waals surface area contributed by atoms with E-state index in [1.165, 1.54) is 0 Å². The zero-order chi connectivity index (χ0) is 12.8. The van der Waals surface area contributed by atoms with Crippen molar-refractivity contribution in [2.45, 2.75) is 13.8 Å². The number of rotatable bonds is 5. The Kier molecular flexibility index (Phi) is 5.45. The summed E-state index contributed by atoms with van der Waals surface area (Å²) in [6.07, 6.45) is 0. The minimum absolute atomic E-state index is 0.113. The van der Waals surface area contributed by atoms with Gasteiger partial charge in [-0.3, -0.25) is 4.79 Å². The summed E-state index contributed by atoms with van der Waals surface area (Å²) in [6.45, 7) is 5.54. The van der Waals surface area contributed by atoms with E-state index in [1.54, 1.807) is 12.1 Å². The Bertz CT molecular complexity index is 393. The fraction of sp³-hybridized carbons (Fsp3) is 0.462. The SMILES string of the molecule is CNCC(C)CNC(=O)c1ccc(C)cc1Cl. The molecule has 0 aliphatic rings.